The number of carbonyl (C=O) groups excluding carboxylic acids is 1. The number of carbonyl (C=O) groups is 1. The van der Waals surface area contributed by atoms with Gasteiger partial charge in [0.15, 0.2) is 17.9 Å². The number of benzene rings is 1. The molecule has 0 bridgehead atoms. The Bertz CT molecular complexity index is 1050. The van der Waals surface area contributed by atoms with Crippen LogP contribution in [-0.4, -0.2) is 15.6 Å². The molecule has 3 heterocycles. The van der Waals surface area contributed by atoms with Crippen molar-refractivity contribution in [1.29, 1.82) is 0 Å². The Labute approximate surface area is 163 Å². The van der Waals surface area contributed by atoms with Gasteiger partial charge < -0.3 is 0 Å². The molecule has 0 amide bonds. The van der Waals surface area contributed by atoms with Crippen LogP contribution in [0, 0.1) is 13.8 Å². The zero-order valence-electron chi connectivity index (χ0n) is 16.0. The Balaban J connectivity index is 1.63. The molecule has 140 valence electrons. The van der Waals surface area contributed by atoms with Crippen molar-refractivity contribution in [3.05, 3.63) is 95.7 Å². The average Bonchev–Trinajstić information content (AvgIpc) is 3.30. The van der Waals surface area contributed by atoms with Gasteiger partial charge in [-0.15, -0.1) is 0 Å². The van der Waals surface area contributed by atoms with Gasteiger partial charge >= 0.3 is 0 Å². The van der Waals surface area contributed by atoms with E-state index in [2.05, 4.69) is 15.3 Å². The Morgan fingerprint density at radius 1 is 1.14 bits per heavy atom. The minimum Gasteiger partial charge on any atom is -0.287 e. The summed E-state index contributed by atoms with van der Waals surface area (Å²) in [5, 5.41) is 13.2. The summed E-state index contributed by atoms with van der Waals surface area (Å²) in [6.45, 7) is 4.85. The predicted molar refractivity (Wildman–Crippen MR) is 105 cm³/mol. The monoisotopic (exact) mass is 372 g/mol. The topological polar surface area (TPSA) is 63.5 Å². The molecule has 0 N–H and O–H groups in total. The fraction of sp³-hybridized carbons (Fsp3) is 0.227. The second kappa shape index (κ2) is 7.31. The molecule has 28 heavy (non-hydrogen) atoms. The van der Waals surface area contributed by atoms with E-state index in [1.807, 2.05) is 90.1 Å². The summed E-state index contributed by atoms with van der Waals surface area (Å²) in [5.41, 5.74) is 3.11. The van der Waals surface area contributed by atoms with Crippen LogP contribution in [0.3, 0.4) is 0 Å². The standard InChI is InChI=1S/C22H22N5O/c1-17-13-18(2)27(24-17)16-22(10-11-23-25-22)20-9-6-12-26(14-20)15-21(28)19-7-4-3-5-8-19/h3-14H,15-16H2,1-2H3/q+1. The van der Waals surface area contributed by atoms with Crippen molar-refractivity contribution in [2.45, 2.75) is 32.5 Å². The summed E-state index contributed by atoms with van der Waals surface area (Å²) in [6.07, 6.45) is 7.58. The van der Waals surface area contributed by atoms with E-state index < -0.39 is 5.54 Å². The Morgan fingerprint density at radius 3 is 2.64 bits per heavy atom. The lowest BCUT2D eigenvalue weighted by molar-refractivity contribution is -0.683. The van der Waals surface area contributed by atoms with Crippen LogP contribution in [0.2, 0.25) is 0 Å². The first-order chi connectivity index (χ1) is 13.6. The summed E-state index contributed by atoms with van der Waals surface area (Å²) >= 11 is 0. The lowest BCUT2D eigenvalue weighted by Crippen LogP contribution is -2.39. The second-order valence-corrected chi connectivity index (χ2v) is 7.09. The average molecular weight is 372 g/mol. The molecular formula is C22H22N5O+. The van der Waals surface area contributed by atoms with Crippen LogP contribution in [0.4, 0.5) is 0 Å². The van der Waals surface area contributed by atoms with Crippen LogP contribution in [0.1, 0.15) is 27.3 Å². The quantitative estimate of drug-likeness (QED) is 0.491. The maximum atomic E-state index is 12.6. The van der Waals surface area contributed by atoms with Gasteiger partial charge in [0.25, 0.3) is 0 Å². The van der Waals surface area contributed by atoms with Crippen molar-refractivity contribution < 1.29 is 9.36 Å². The molecule has 0 aliphatic carbocycles. The van der Waals surface area contributed by atoms with Gasteiger partial charge in [-0.3, -0.25) is 9.48 Å². The number of hydrogen-bond donors (Lipinski definition) is 0. The summed E-state index contributed by atoms with van der Waals surface area (Å²) in [5.74, 6) is 0.0685. The maximum absolute atomic E-state index is 12.6. The summed E-state index contributed by atoms with van der Waals surface area (Å²) in [6, 6.07) is 15.3. The zero-order chi connectivity index (χ0) is 19.6. The zero-order valence-corrected chi connectivity index (χ0v) is 16.0. The third-order valence-electron chi connectivity index (χ3n) is 4.93. The Morgan fingerprint density at radius 2 is 1.96 bits per heavy atom. The third-order valence-corrected chi connectivity index (χ3v) is 4.93. The molecule has 0 saturated carbocycles. The van der Waals surface area contributed by atoms with E-state index in [0.717, 1.165) is 17.0 Å². The van der Waals surface area contributed by atoms with Gasteiger partial charge in [-0.25, -0.2) is 0 Å². The maximum Gasteiger partial charge on any atom is 0.227 e. The number of azo groups is 1. The minimum atomic E-state index is -0.623. The highest BCUT2D eigenvalue weighted by Gasteiger charge is 2.35. The highest BCUT2D eigenvalue weighted by atomic mass is 16.1. The van der Waals surface area contributed by atoms with Crippen LogP contribution in [-0.2, 0) is 18.6 Å². The van der Waals surface area contributed by atoms with Crippen LogP contribution >= 0.6 is 0 Å². The van der Waals surface area contributed by atoms with Gasteiger partial charge in [0.1, 0.15) is 0 Å². The van der Waals surface area contributed by atoms with Crippen molar-refractivity contribution in [1.82, 2.24) is 9.78 Å². The minimum absolute atomic E-state index is 0.0685. The fourth-order valence-electron chi connectivity index (χ4n) is 3.48. The molecule has 0 saturated heterocycles. The van der Waals surface area contributed by atoms with Gasteiger partial charge in [-0.05, 0) is 32.1 Å². The predicted octanol–water partition coefficient (Wildman–Crippen LogP) is 3.55. The molecule has 1 atom stereocenters. The van der Waals surface area contributed by atoms with E-state index >= 15 is 0 Å². The molecule has 1 aromatic carbocycles. The molecule has 4 rings (SSSR count). The smallest absolute Gasteiger partial charge is 0.227 e. The van der Waals surface area contributed by atoms with Crippen LogP contribution in [0.15, 0.2) is 83.4 Å². The van der Waals surface area contributed by atoms with E-state index in [1.165, 1.54) is 0 Å². The van der Waals surface area contributed by atoms with E-state index in [9.17, 15) is 4.79 Å². The van der Waals surface area contributed by atoms with Gasteiger partial charge in [0.05, 0.1) is 17.8 Å². The number of rotatable bonds is 6. The molecule has 6 nitrogen and oxygen atoms in total. The molecule has 1 unspecified atom stereocenters. The second-order valence-electron chi connectivity index (χ2n) is 7.09. The molecule has 0 radical (unpaired) electrons. The summed E-state index contributed by atoms with van der Waals surface area (Å²) < 4.78 is 3.85. The highest BCUT2D eigenvalue weighted by molar-refractivity contribution is 5.94. The number of Topliss-reactive ketones (excluding diaryl/α,β-unsaturated/α-hetero) is 1. The number of ketones is 1. The fourth-order valence-corrected chi connectivity index (χ4v) is 3.48. The Kier molecular flexibility index (Phi) is 4.69. The first kappa shape index (κ1) is 18.0. The molecule has 1 aliphatic heterocycles. The first-order valence-corrected chi connectivity index (χ1v) is 9.24. The van der Waals surface area contributed by atoms with Crippen molar-refractivity contribution in [3.8, 4) is 0 Å². The highest BCUT2D eigenvalue weighted by Crippen LogP contribution is 2.33. The van der Waals surface area contributed by atoms with E-state index in [-0.39, 0.29) is 12.3 Å². The number of hydrogen-bond acceptors (Lipinski definition) is 4. The number of aromatic nitrogens is 3. The first-order valence-electron chi connectivity index (χ1n) is 9.24. The van der Waals surface area contributed by atoms with E-state index in [1.54, 1.807) is 6.20 Å². The van der Waals surface area contributed by atoms with Crippen LogP contribution in [0.5, 0.6) is 0 Å². The van der Waals surface area contributed by atoms with Crippen molar-refractivity contribution in [2.24, 2.45) is 10.2 Å². The number of nitrogens with zero attached hydrogens (tertiary/aromatic N) is 5. The SMILES string of the molecule is Cc1cc(C)n(CC2(c3ccc[n+](CC(=O)c4ccccc4)c3)C=CN=N2)n1. The van der Waals surface area contributed by atoms with E-state index in [4.69, 9.17) is 0 Å². The number of pyridine rings is 1. The lowest BCUT2D eigenvalue weighted by atomic mass is 9.92. The largest absolute Gasteiger partial charge is 0.287 e. The normalized spacial score (nSPS) is 17.9. The molecule has 1 aliphatic rings. The molecule has 2 aromatic heterocycles. The summed E-state index contributed by atoms with van der Waals surface area (Å²) in [4.78, 5) is 12.6. The molecule has 6 heteroatoms. The third kappa shape index (κ3) is 3.53. The van der Waals surface area contributed by atoms with Gasteiger partial charge in [-0.2, -0.15) is 19.9 Å². The molecule has 0 spiro atoms. The molecule has 0 fully saturated rings. The van der Waals surface area contributed by atoms with E-state index in [0.29, 0.717) is 12.1 Å². The molecule has 3 aromatic rings. The Hall–Kier alpha value is -3.41. The summed E-state index contributed by atoms with van der Waals surface area (Å²) in [7, 11) is 0. The number of aryl methyl sites for hydroxylation is 2. The van der Waals surface area contributed by atoms with Crippen molar-refractivity contribution >= 4 is 5.78 Å². The van der Waals surface area contributed by atoms with Crippen LogP contribution in [0.25, 0.3) is 0 Å². The van der Waals surface area contributed by atoms with Crippen molar-refractivity contribution in [3.63, 3.8) is 0 Å². The van der Waals surface area contributed by atoms with Gasteiger partial charge in [-0.1, -0.05) is 30.3 Å². The van der Waals surface area contributed by atoms with Crippen LogP contribution < -0.4 is 4.57 Å². The lowest BCUT2D eigenvalue weighted by Gasteiger charge is -2.22. The van der Waals surface area contributed by atoms with Gasteiger partial charge in [0.2, 0.25) is 12.3 Å². The van der Waals surface area contributed by atoms with Gasteiger partial charge in [0, 0.05) is 23.5 Å². The molecular weight excluding hydrogens is 350 g/mol. The van der Waals surface area contributed by atoms with Crippen molar-refractivity contribution in [2.75, 3.05) is 0 Å².